The molecule has 0 N–H and O–H groups in total. The van der Waals surface area contributed by atoms with E-state index in [0.717, 1.165) is 61.0 Å². The summed E-state index contributed by atoms with van der Waals surface area (Å²) in [5.41, 5.74) is 12.7. The van der Waals surface area contributed by atoms with Crippen molar-refractivity contribution in [2.45, 2.75) is 0 Å². The fourth-order valence-corrected chi connectivity index (χ4v) is 8.67. The quantitative estimate of drug-likeness (QED) is 0.169. The highest BCUT2D eigenvalue weighted by Gasteiger charge is 2.19. The number of fused-ring (bicyclic) bond motifs is 9. The lowest BCUT2D eigenvalue weighted by atomic mass is 10.0. The number of benzene rings is 8. The van der Waals surface area contributed by atoms with Gasteiger partial charge in [0.05, 0.1) is 51.3 Å². The number of nitriles is 1. The zero-order chi connectivity index (χ0) is 36.6. The average Bonchev–Trinajstić information content (AvgIpc) is 3.88. The maximum Gasteiger partial charge on any atom is 0.204 e. The number of nitrogens with zero attached hydrogens (tertiary/aromatic N) is 5. The van der Waals surface area contributed by atoms with Gasteiger partial charge in [0, 0.05) is 49.4 Å². The van der Waals surface area contributed by atoms with Crippen molar-refractivity contribution < 1.29 is 0 Å². The average molecular weight is 700 g/mol. The number of aromatic nitrogens is 3. The summed E-state index contributed by atoms with van der Waals surface area (Å²) in [6.45, 7) is 7.61. The summed E-state index contributed by atoms with van der Waals surface area (Å²) in [5.74, 6) is 0. The molecule has 0 saturated heterocycles. The van der Waals surface area contributed by atoms with Gasteiger partial charge in [-0.2, -0.15) is 5.26 Å². The van der Waals surface area contributed by atoms with Gasteiger partial charge < -0.3 is 13.7 Å². The molecule has 3 aromatic heterocycles. The van der Waals surface area contributed by atoms with E-state index in [-0.39, 0.29) is 0 Å². The first-order chi connectivity index (χ1) is 27.2. The lowest BCUT2D eigenvalue weighted by Crippen LogP contribution is -1.96. The van der Waals surface area contributed by atoms with E-state index in [1.165, 1.54) is 32.6 Å². The van der Waals surface area contributed by atoms with E-state index in [1.807, 2.05) is 12.1 Å². The van der Waals surface area contributed by atoms with Crippen LogP contribution in [-0.4, -0.2) is 13.7 Å². The smallest absolute Gasteiger partial charge is 0.204 e. The lowest BCUT2D eigenvalue weighted by molar-refractivity contribution is 1.16. The maximum atomic E-state index is 9.98. The number of hydrogen-bond acceptors (Lipinski definition) is 1. The van der Waals surface area contributed by atoms with Crippen molar-refractivity contribution in [2.24, 2.45) is 0 Å². The van der Waals surface area contributed by atoms with Crippen LogP contribution in [0.15, 0.2) is 176 Å². The Bertz CT molecular complexity index is 3400. The molecule has 5 nitrogen and oxygen atoms in total. The molecule has 11 aromatic rings. The van der Waals surface area contributed by atoms with Gasteiger partial charge in [-0.15, -0.1) is 0 Å². The Morgan fingerprint density at radius 3 is 1.36 bits per heavy atom. The van der Waals surface area contributed by atoms with Crippen molar-refractivity contribution in [1.29, 1.82) is 5.26 Å². The van der Waals surface area contributed by atoms with Crippen LogP contribution in [0.2, 0.25) is 0 Å². The second-order valence-electron chi connectivity index (χ2n) is 14.0. The van der Waals surface area contributed by atoms with Crippen LogP contribution in [0.4, 0.5) is 5.69 Å². The predicted molar refractivity (Wildman–Crippen MR) is 226 cm³/mol. The minimum absolute atomic E-state index is 0.354. The Hall–Kier alpha value is -7.86. The summed E-state index contributed by atoms with van der Waals surface area (Å²) in [4.78, 5) is 3.60. The van der Waals surface area contributed by atoms with Crippen molar-refractivity contribution in [3.05, 3.63) is 193 Å². The largest absolute Gasteiger partial charge is 0.309 e. The first-order valence-electron chi connectivity index (χ1n) is 18.3. The standard InChI is InChI=1S/C50H29N5/c1-52-44-23-21-36(27-34(44)31-51)54-49-25-20-33(32-19-24-48-41(28-32)40-15-7-10-18-47(40)53(48)35-11-3-2-4-12-35)29-42(49)43-30-37(22-26-50(43)54)55-45-16-8-5-13-38(45)39-14-6-9-17-46(39)55/h2-30H. The molecule has 0 amide bonds. The van der Waals surface area contributed by atoms with Crippen molar-refractivity contribution >= 4 is 71.1 Å². The molecule has 0 aliphatic rings. The highest BCUT2D eigenvalue weighted by atomic mass is 15.0. The van der Waals surface area contributed by atoms with Crippen molar-refractivity contribution in [3.8, 4) is 34.3 Å². The minimum Gasteiger partial charge on any atom is -0.309 e. The maximum absolute atomic E-state index is 9.98. The van der Waals surface area contributed by atoms with Crippen LogP contribution in [0.1, 0.15) is 5.56 Å². The topological polar surface area (TPSA) is 42.9 Å². The highest BCUT2D eigenvalue weighted by Crippen LogP contribution is 2.40. The second kappa shape index (κ2) is 11.8. The fourth-order valence-electron chi connectivity index (χ4n) is 8.67. The molecular weight excluding hydrogens is 671 g/mol. The van der Waals surface area contributed by atoms with Crippen LogP contribution < -0.4 is 0 Å². The van der Waals surface area contributed by atoms with Crippen molar-refractivity contribution in [2.75, 3.05) is 0 Å². The zero-order valence-corrected chi connectivity index (χ0v) is 29.5. The third-order valence-corrected chi connectivity index (χ3v) is 11.1. The molecule has 8 aromatic carbocycles. The first-order valence-corrected chi connectivity index (χ1v) is 18.3. The molecule has 0 fully saturated rings. The van der Waals surface area contributed by atoms with Gasteiger partial charge in [0.1, 0.15) is 0 Å². The molecule has 11 rings (SSSR count). The van der Waals surface area contributed by atoms with E-state index in [0.29, 0.717) is 11.3 Å². The molecule has 0 saturated carbocycles. The molecule has 0 unspecified atom stereocenters. The van der Waals surface area contributed by atoms with Gasteiger partial charge in [-0.1, -0.05) is 91.0 Å². The van der Waals surface area contributed by atoms with Gasteiger partial charge in [-0.3, -0.25) is 0 Å². The molecule has 5 heteroatoms. The Balaban J connectivity index is 1.17. The lowest BCUT2D eigenvalue weighted by Gasteiger charge is -2.11. The van der Waals surface area contributed by atoms with Crippen LogP contribution in [0, 0.1) is 17.9 Å². The molecular formula is C50H29N5. The van der Waals surface area contributed by atoms with Crippen LogP contribution in [0.5, 0.6) is 0 Å². The first kappa shape index (κ1) is 30.7. The normalized spacial score (nSPS) is 11.6. The van der Waals surface area contributed by atoms with Crippen LogP contribution in [0.25, 0.3) is 98.5 Å². The summed E-state index contributed by atoms with van der Waals surface area (Å²) >= 11 is 0. The molecule has 0 radical (unpaired) electrons. The van der Waals surface area contributed by atoms with Crippen molar-refractivity contribution in [1.82, 2.24) is 13.7 Å². The SMILES string of the molecule is [C-]#[N+]c1ccc(-n2c3ccc(-c4ccc5c(c4)c4ccccc4n5-c4ccccc4)cc3c3cc(-n4c5ccccc5c5ccccc54)ccc32)cc1C#N. The summed E-state index contributed by atoms with van der Waals surface area (Å²) in [7, 11) is 0. The van der Waals surface area contributed by atoms with Gasteiger partial charge >= 0.3 is 0 Å². The van der Waals surface area contributed by atoms with Gasteiger partial charge in [-0.05, 0) is 96.1 Å². The molecule has 55 heavy (non-hydrogen) atoms. The zero-order valence-electron chi connectivity index (χ0n) is 29.5. The Morgan fingerprint density at radius 2 is 0.800 bits per heavy atom. The third-order valence-electron chi connectivity index (χ3n) is 11.1. The molecule has 254 valence electrons. The van der Waals surface area contributed by atoms with Gasteiger partial charge in [0.25, 0.3) is 0 Å². The molecule has 3 heterocycles. The van der Waals surface area contributed by atoms with Gasteiger partial charge in [0.15, 0.2) is 0 Å². The summed E-state index contributed by atoms with van der Waals surface area (Å²) in [5, 5.41) is 17.0. The molecule has 0 aliphatic heterocycles. The minimum atomic E-state index is 0.354. The molecule has 0 atom stereocenters. The Morgan fingerprint density at radius 1 is 0.382 bits per heavy atom. The van der Waals surface area contributed by atoms with E-state index in [4.69, 9.17) is 6.57 Å². The Kier molecular flexibility index (Phi) is 6.61. The van der Waals surface area contributed by atoms with Crippen LogP contribution in [-0.2, 0) is 0 Å². The number of rotatable bonds is 4. The highest BCUT2D eigenvalue weighted by molar-refractivity contribution is 6.14. The third kappa shape index (κ3) is 4.51. The van der Waals surface area contributed by atoms with E-state index in [2.05, 4.69) is 182 Å². The fraction of sp³-hybridized carbons (Fsp3) is 0. The summed E-state index contributed by atoms with van der Waals surface area (Å²) in [6, 6.07) is 64.3. The van der Waals surface area contributed by atoms with E-state index in [9.17, 15) is 5.26 Å². The van der Waals surface area contributed by atoms with Gasteiger partial charge in [-0.25, -0.2) is 4.85 Å². The van der Waals surface area contributed by atoms with E-state index in [1.54, 1.807) is 6.07 Å². The monoisotopic (exact) mass is 699 g/mol. The predicted octanol–water partition coefficient (Wildman–Crippen LogP) is 13.1. The molecule has 0 spiro atoms. The summed E-state index contributed by atoms with van der Waals surface area (Å²) in [6.07, 6.45) is 0. The van der Waals surface area contributed by atoms with Crippen molar-refractivity contribution in [3.63, 3.8) is 0 Å². The molecule has 0 aliphatic carbocycles. The number of hydrogen-bond donors (Lipinski definition) is 0. The Labute approximate surface area is 316 Å². The molecule has 0 bridgehead atoms. The number of para-hydroxylation sites is 4. The summed E-state index contributed by atoms with van der Waals surface area (Å²) < 4.78 is 6.91. The van der Waals surface area contributed by atoms with E-state index < -0.39 is 0 Å². The van der Waals surface area contributed by atoms with Crippen LogP contribution in [0.3, 0.4) is 0 Å². The second-order valence-corrected chi connectivity index (χ2v) is 14.0. The van der Waals surface area contributed by atoms with E-state index >= 15 is 0 Å². The van der Waals surface area contributed by atoms with Gasteiger partial charge in [0.2, 0.25) is 5.69 Å². The van der Waals surface area contributed by atoms with Crippen LogP contribution >= 0.6 is 0 Å².